The van der Waals surface area contributed by atoms with Crippen molar-refractivity contribution in [3.05, 3.63) is 69.8 Å². The van der Waals surface area contributed by atoms with E-state index in [4.69, 9.17) is 18.7 Å². The van der Waals surface area contributed by atoms with Crippen molar-refractivity contribution in [2.45, 2.75) is 66.0 Å². The Labute approximate surface area is 242 Å². The van der Waals surface area contributed by atoms with Crippen LogP contribution in [-0.2, 0) is 28.8 Å². The van der Waals surface area contributed by atoms with Gasteiger partial charge in [-0.15, -0.1) is 0 Å². The molecule has 1 aliphatic heterocycles. The fourth-order valence-corrected chi connectivity index (χ4v) is 6.41. The maximum absolute atomic E-state index is 12.8. The fraction of sp³-hybridized carbons (Fsp3) is 0.516. The number of allylic oxidation sites excluding steroid dienone is 1. The zero-order valence-corrected chi connectivity index (χ0v) is 27.1. The number of carbonyl (C=O) groups excluding carboxylic acids is 1. The van der Waals surface area contributed by atoms with Gasteiger partial charge in [0.05, 0.1) is 20.3 Å². The zero-order valence-electron chi connectivity index (χ0n) is 25.2. The molecule has 2 aromatic carbocycles. The SMILES string of the molecule is CCOP(O)CCN(C/C(C)=C/Cc1c(OC)c(C)c2c(c1OCC[Si](C)(C)C)C(=O)OC2)Cc1ccccc1. The minimum Gasteiger partial charge on any atom is -0.496 e. The molecular weight excluding hydrogens is 541 g/mol. The Morgan fingerprint density at radius 1 is 1.20 bits per heavy atom. The monoisotopic (exact) mass is 587 g/mol. The van der Waals surface area contributed by atoms with Crippen LogP contribution in [0.5, 0.6) is 11.5 Å². The first-order chi connectivity index (χ1) is 19.0. The Kier molecular flexibility index (Phi) is 12.2. The van der Waals surface area contributed by atoms with Gasteiger partial charge in [0.25, 0.3) is 0 Å². The van der Waals surface area contributed by atoms with Crippen LogP contribution in [0.25, 0.3) is 0 Å². The minimum atomic E-state index is -1.43. The van der Waals surface area contributed by atoms with Crippen LogP contribution in [0.1, 0.15) is 46.5 Å². The second-order valence-corrected chi connectivity index (χ2v) is 18.5. The van der Waals surface area contributed by atoms with Crippen LogP contribution in [0.15, 0.2) is 42.0 Å². The van der Waals surface area contributed by atoms with Gasteiger partial charge >= 0.3 is 5.97 Å². The van der Waals surface area contributed by atoms with E-state index < -0.39 is 16.4 Å². The molecule has 1 heterocycles. The average molecular weight is 588 g/mol. The Balaban J connectivity index is 1.86. The quantitative estimate of drug-likeness (QED) is 0.101. The molecule has 0 aliphatic carbocycles. The van der Waals surface area contributed by atoms with Gasteiger partial charge in [-0.25, -0.2) is 4.79 Å². The number of fused-ring (bicyclic) bond motifs is 1. The fourth-order valence-electron chi connectivity index (χ4n) is 4.82. The number of methoxy groups -OCH3 is 1. The van der Waals surface area contributed by atoms with Gasteiger partial charge in [0.2, 0.25) is 0 Å². The number of hydrogen-bond donors (Lipinski definition) is 1. The van der Waals surface area contributed by atoms with Crippen LogP contribution in [0, 0.1) is 6.92 Å². The van der Waals surface area contributed by atoms with Gasteiger partial charge in [-0.3, -0.25) is 4.90 Å². The van der Waals surface area contributed by atoms with E-state index in [2.05, 4.69) is 49.7 Å². The van der Waals surface area contributed by atoms with Crippen molar-refractivity contribution in [2.24, 2.45) is 0 Å². The Bertz CT molecular complexity index is 1160. The number of esters is 1. The number of benzene rings is 2. The topological polar surface area (TPSA) is 77.5 Å². The predicted molar refractivity (Wildman–Crippen MR) is 165 cm³/mol. The number of hydrogen-bond acceptors (Lipinski definition) is 7. The molecule has 0 amide bonds. The third-order valence-electron chi connectivity index (χ3n) is 6.99. The van der Waals surface area contributed by atoms with Crippen molar-refractivity contribution < 1.29 is 28.4 Å². The molecule has 9 heteroatoms. The molecule has 0 saturated heterocycles. The second kappa shape index (κ2) is 15.1. The molecule has 1 aliphatic rings. The highest BCUT2D eigenvalue weighted by Gasteiger charge is 2.33. The molecule has 0 fully saturated rings. The van der Waals surface area contributed by atoms with E-state index in [1.165, 1.54) is 11.1 Å². The van der Waals surface area contributed by atoms with Crippen LogP contribution in [0.3, 0.4) is 0 Å². The van der Waals surface area contributed by atoms with Gasteiger partial charge in [0.15, 0.2) is 8.38 Å². The van der Waals surface area contributed by atoms with Crippen molar-refractivity contribution in [2.75, 3.05) is 39.6 Å². The third-order valence-corrected chi connectivity index (χ3v) is 9.83. The molecule has 1 N–H and O–H groups in total. The smallest absolute Gasteiger partial charge is 0.342 e. The van der Waals surface area contributed by atoms with Crippen LogP contribution in [0.2, 0.25) is 25.7 Å². The van der Waals surface area contributed by atoms with Crippen LogP contribution in [-0.4, -0.2) is 63.4 Å². The van der Waals surface area contributed by atoms with Gasteiger partial charge in [-0.2, -0.15) is 0 Å². The first-order valence-corrected chi connectivity index (χ1v) is 19.2. The maximum atomic E-state index is 12.8. The van der Waals surface area contributed by atoms with E-state index in [1.54, 1.807) is 7.11 Å². The molecule has 1 atom stereocenters. The maximum Gasteiger partial charge on any atom is 0.342 e. The normalized spacial score (nSPS) is 14.3. The van der Waals surface area contributed by atoms with E-state index in [9.17, 15) is 9.69 Å². The molecular formula is C31H46NO6PSi. The lowest BCUT2D eigenvalue weighted by Crippen LogP contribution is -2.28. The summed E-state index contributed by atoms with van der Waals surface area (Å²) in [6.45, 7) is 16.5. The molecule has 3 rings (SSSR count). The predicted octanol–water partition coefficient (Wildman–Crippen LogP) is 6.72. The first kappa shape index (κ1) is 32.3. The van der Waals surface area contributed by atoms with Gasteiger partial charge in [0, 0.05) is 45.0 Å². The summed E-state index contributed by atoms with van der Waals surface area (Å²) < 4.78 is 23.1. The van der Waals surface area contributed by atoms with Gasteiger partial charge < -0.3 is 23.6 Å². The zero-order chi connectivity index (χ0) is 29.3. The molecule has 0 saturated carbocycles. The van der Waals surface area contributed by atoms with Crippen molar-refractivity contribution >= 4 is 22.4 Å². The van der Waals surface area contributed by atoms with Crippen molar-refractivity contribution in [3.63, 3.8) is 0 Å². The second-order valence-electron chi connectivity index (χ2n) is 11.5. The molecule has 0 spiro atoms. The molecule has 40 heavy (non-hydrogen) atoms. The Hall–Kier alpha value is -2.22. The molecule has 2 aromatic rings. The molecule has 0 aromatic heterocycles. The lowest BCUT2D eigenvalue weighted by Gasteiger charge is -2.24. The third kappa shape index (κ3) is 9.15. The van der Waals surface area contributed by atoms with E-state index in [-0.39, 0.29) is 12.6 Å². The molecule has 7 nitrogen and oxygen atoms in total. The Morgan fingerprint density at radius 3 is 2.58 bits per heavy atom. The van der Waals surface area contributed by atoms with Crippen LogP contribution < -0.4 is 9.47 Å². The molecule has 0 radical (unpaired) electrons. The number of ether oxygens (including phenoxy) is 3. The molecule has 220 valence electrons. The minimum absolute atomic E-state index is 0.249. The summed E-state index contributed by atoms with van der Waals surface area (Å²) in [6, 6.07) is 11.4. The standard InChI is InChI=1S/C31H46NO6PSi/c1-8-38-39(34)18-16-32(21-25-12-10-9-11-13-25)20-23(2)14-15-26-29(35-4)24(3)27-22-37-31(33)28(27)30(26)36-17-19-40(5,6)7/h9-14,34H,8,15-22H2,1-7H3/b23-14+. The highest BCUT2D eigenvalue weighted by Crippen LogP contribution is 2.43. The number of rotatable bonds is 16. The summed E-state index contributed by atoms with van der Waals surface area (Å²) in [5, 5.41) is 0. The van der Waals surface area contributed by atoms with Gasteiger partial charge in [-0.05, 0) is 44.4 Å². The lowest BCUT2D eigenvalue weighted by molar-refractivity contribution is 0.0532. The summed E-state index contributed by atoms with van der Waals surface area (Å²) in [4.78, 5) is 25.4. The van der Waals surface area contributed by atoms with Gasteiger partial charge in [0.1, 0.15) is 23.7 Å². The number of nitrogens with zero attached hydrogens (tertiary/aromatic N) is 1. The molecule has 0 bridgehead atoms. The summed E-state index contributed by atoms with van der Waals surface area (Å²) in [5.41, 5.74) is 5.63. The Morgan fingerprint density at radius 2 is 1.93 bits per heavy atom. The van der Waals surface area contributed by atoms with E-state index in [0.29, 0.717) is 37.1 Å². The highest BCUT2D eigenvalue weighted by atomic mass is 31.2. The average Bonchev–Trinajstić information content (AvgIpc) is 3.29. The summed E-state index contributed by atoms with van der Waals surface area (Å²) in [5.74, 6) is 1.04. The summed E-state index contributed by atoms with van der Waals surface area (Å²) in [7, 11) is -1.08. The van der Waals surface area contributed by atoms with E-state index >= 15 is 0 Å². The lowest BCUT2D eigenvalue weighted by atomic mass is 9.94. The first-order valence-electron chi connectivity index (χ1n) is 14.1. The van der Waals surface area contributed by atoms with Crippen LogP contribution in [0.4, 0.5) is 0 Å². The summed E-state index contributed by atoms with van der Waals surface area (Å²) in [6.07, 6.45) is 3.36. The molecule has 1 unspecified atom stereocenters. The van der Waals surface area contributed by atoms with Gasteiger partial charge in [-0.1, -0.05) is 61.6 Å². The van der Waals surface area contributed by atoms with E-state index in [0.717, 1.165) is 48.1 Å². The van der Waals surface area contributed by atoms with Crippen molar-refractivity contribution in [3.8, 4) is 11.5 Å². The van der Waals surface area contributed by atoms with Crippen LogP contribution >= 0.6 is 8.38 Å². The largest absolute Gasteiger partial charge is 0.496 e. The van der Waals surface area contributed by atoms with Crippen molar-refractivity contribution in [1.29, 1.82) is 0 Å². The summed E-state index contributed by atoms with van der Waals surface area (Å²) >= 11 is 0. The highest BCUT2D eigenvalue weighted by molar-refractivity contribution is 7.46. The number of cyclic esters (lactones) is 1. The van der Waals surface area contributed by atoms with E-state index in [1.807, 2.05) is 32.0 Å². The van der Waals surface area contributed by atoms with Crippen molar-refractivity contribution in [1.82, 2.24) is 4.90 Å². The number of carbonyl (C=O) groups is 1.